The van der Waals surface area contributed by atoms with E-state index in [0.29, 0.717) is 29.9 Å². The van der Waals surface area contributed by atoms with Gasteiger partial charge in [-0.1, -0.05) is 12.1 Å². The molecule has 28 heavy (non-hydrogen) atoms. The number of anilines is 2. The number of rotatable bonds is 5. The van der Waals surface area contributed by atoms with Crippen LogP contribution in [0.15, 0.2) is 42.5 Å². The summed E-state index contributed by atoms with van der Waals surface area (Å²) in [6.45, 7) is 3.70. The fourth-order valence-electron chi connectivity index (χ4n) is 3.31. The first-order valence-electron chi connectivity index (χ1n) is 8.94. The Kier molecular flexibility index (Phi) is 5.42. The van der Waals surface area contributed by atoms with Gasteiger partial charge in [-0.15, -0.1) is 0 Å². The largest absolute Gasteiger partial charge is 0.346 e. The van der Waals surface area contributed by atoms with Crippen molar-refractivity contribution in [2.75, 3.05) is 22.4 Å². The van der Waals surface area contributed by atoms with E-state index < -0.39 is 10.0 Å². The lowest BCUT2D eigenvalue weighted by atomic mass is 10.1. The minimum Gasteiger partial charge on any atom is -0.346 e. The molecule has 2 aromatic rings. The average molecular weight is 401 g/mol. The van der Waals surface area contributed by atoms with Gasteiger partial charge in [0.15, 0.2) is 0 Å². The Morgan fingerprint density at radius 2 is 1.89 bits per heavy atom. The minimum atomic E-state index is -3.31. The van der Waals surface area contributed by atoms with E-state index in [4.69, 9.17) is 0 Å². The molecule has 0 spiro atoms. The monoisotopic (exact) mass is 401 g/mol. The van der Waals surface area contributed by atoms with Crippen LogP contribution in [-0.4, -0.2) is 33.0 Å². The van der Waals surface area contributed by atoms with Crippen LogP contribution >= 0.6 is 0 Å². The average Bonchev–Trinajstić information content (AvgIpc) is 3.04. The van der Waals surface area contributed by atoms with E-state index in [9.17, 15) is 18.0 Å². The van der Waals surface area contributed by atoms with Crippen LogP contribution in [0.3, 0.4) is 0 Å². The quantitative estimate of drug-likeness (QED) is 0.804. The van der Waals surface area contributed by atoms with Crippen molar-refractivity contribution in [2.45, 2.75) is 26.3 Å². The van der Waals surface area contributed by atoms with Gasteiger partial charge in [-0.3, -0.25) is 13.9 Å². The van der Waals surface area contributed by atoms with Crippen LogP contribution in [0.1, 0.15) is 41.4 Å². The van der Waals surface area contributed by atoms with Crippen LogP contribution in [0.25, 0.3) is 0 Å². The van der Waals surface area contributed by atoms with Crippen molar-refractivity contribution in [1.29, 1.82) is 0 Å². The molecule has 0 radical (unpaired) electrons. The molecule has 8 heteroatoms. The Morgan fingerprint density at radius 1 is 1.14 bits per heavy atom. The lowest BCUT2D eigenvalue weighted by Gasteiger charge is -2.17. The lowest BCUT2D eigenvalue weighted by Crippen LogP contribution is -2.28. The Morgan fingerprint density at radius 3 is 2.57 bits per heavy atom. The maximum Gasteiger partial charge on any atom is 0.251 e. The van der Waals surface area contributed by atoms with Crippen LogP contribution in [0.5, 0.6) is 0 Å². The number of fused-ring (bicyclic) bond motifs is 1. The number of amides is 2. The number of benzene rings is 2. The molecular formula is C20H23N3O4S. The van der Waals surface area contributed by atoms with Gasteiger partial charge < -0.3 is 10.6 Å². The second-order valence-corrected chi connectivity index (χ2v) is 8.84. The second kappa shape index (κ2) is 7.63. The Balaban J connectivity index is 1.74. The molecule has 0 aromatic heterocycles. The van der Waals surface area contributed by atoms with Crippen molar-refractivity contribution < 1.29 is 18.0 Å². The highest BCUT2D eigenvalue weighted by atomic mass is 32.2. The van der Waals surface area contributed by atoms with Gasteiger partial charge >= 0.3 is 0 Å². The van der Waals surface area contributed by atoms with Gasteiger partial charge in [0.25, 0.3) is 5.91 Å². The summed E-state index contributed by atoms with van der Waals surface area (Å²) in [6, 6.07) is 12.1. The van der Waals surface area contributed by atoms with Crippen LogP contribution in [0, 0.1) is 0 Å². The summed E-state index contributed by atoms with van der Waals surface area (Å²) in [7, 11) is -3.31. The molecule has 0 aliphatic carbocycles. The van der Waals surface area contributed by atoms with Crippen LogP contribution in [0.2, 0.25) is 0 Å². The number of sulfonamides is 1. The lowest BCUT2D eigenvalue weighted by molar-refractivity contribution is -0.114. The molecule has 2 N–H and O–H groups in total. The van der Waals surface area contributed by atoms with Crippen LogP contribution < -0.4 is 14.9 Å². The van der Waals surface area contributed by atoms with Crippen molar-refractivity contribution in [3.8, 4) is 0 Å². The summed E-state index contributed by atoms with van der Waals surface area (Å²) in [5, 5.41) is 5.67. The van der Waals surface area contributed by atoms with Gasteiger partial charge in [-0.25, -0.2) is 8.42 Å². The molecule has 1 atom stereocenters. The van der Waals surface area contributed by atoms with E-state index in [1.165, 1.54) is 17.5 Å². The summed E-state index contributed by atoms with van der Waals surface area (Å²) in [6.07, 6.45) is 1.76. The summed E-state index contributed by atoms with van der Waals surface area (Å²) in [4.78, 5) is 23.9. The predicted molar refractivity (Wildman–Crippen MR) is 109 cm³/mol. The number of carbonyl (C=O) groups is 2. The molecule has 0 bridgehead atoms. The van der Waals surface area contributed by atoms with Gasteiger partial charge in [0.2, 0.25) is 15.9 Å². The maximum absolute atomic E-state index is 12.7. The highest BCUT2D eigenvalue weighted by Gasteiger charge is 2.27. The molecule has 1 aliphatic heterocycles. The molecule has 1 heterocycles. The third-order valence-electron chi connectivity index (χ3n) is 4.65. The molecular weight excluding hydrogens is 378 g/mol. The third kappa shape index (κ3) is 4.33. The van der Waals surface area contributed by atoms with E-state index in [-0.39, 0.29) is 17.9 Å². The van der Waals surface area contributed by atoms with Gasteiger partial charge in [-0.05, 0) is 54.8 Å². The number of hydrogen-bond donors (Lipinski definition) is 2. The minimum absolute atomic E-state index is 0.157. The number of carbonyl (C=O) groups excluding carboxylic acids is 2. The number of nitrogens with zero attached hydrogens (tertiary/aromatic N) is 1. The van der Waals surface area contributed by atoms with Crippen LogP contribution in [-0.2, 0) is 21.2 Å². The summed E-state index contributed by atoms with van der Waals surface area (Å²) in [5.41, 5.74) is 3.50. The molecule has 3 rings (SSSR count). The fourth-order valence-corrected chi connectivity index (χ4v) is 4.27. The number of nitrogens with one attached hydrogen (secondary N) is 2. The second-order valence-electron chi connectivity index (χ2n) is 6.93. The topological polar surface area (TPSA) is 95.6 Å². The molecule has 7 nitrogen and oxygen atoms in total. The smallest absolute Gasteiger partial charge is 0.251 e. The van der Waals surface area contributed by atoms with Crippen molar-refractivity contribution in [3.63, 3.8) is 0 Å². The van der Waals surface area contributed by atoms with E-state index in [1.54, 1.807) is 24.3 Å². The standard InChI is InChI=1S/C20H23N3O4S/c1-13(15-5-4-6-18(12-15)22-14(2)24)21-20(25)17-7-8-19-16(11-17)9-10-23(19)28(3,26)27/h4-8,11-13H,9-10H2,1-3H3,(H,21,25)(H,22,24). The van der Waals surface area contributed by atoms with Gasteiger partial charge in [0, 0.05) is 24.7 Å². The van der Waals surface area contributed by atoms with Crippen molar-refractivity contribution in [1.82, 2.24) is 5.32 Å². The molecule has 0 fully saturated rings. The molecule has 0 saturated carbocycles. The van der Waals surface area contributed by atoms with Crippen molar-refractivity contribution in [2.24, 2.45) is 0 Å². The van der Waals surface area contributed by atoms with E-state index in [0.717, 1.165) is 11.1 Å². The molecule has 1 unspecified atom stereocenters. The predicted octanol–water partition coefficient (Wildman–Crippen LogP) is 2.46. The molecule has 1 aliphatic rings. The Hall–Kier alpha value is -2.87. The van der Waals surface area contributed by atoms with Crippen LogP contribution in [0.4, 0.5) is 11.4 Å². The third-order valence-corrected chi connectivity index (χ3v) is 5.83. The van der Waals surface area contributed by atoms with Crippen molar-refractivity contribution in [3.05, 3.63) is 59.2 Å². The zero-order valence-electron chi connectivity index (χ0n) is 16.0. The summed E-state index contributed by atoms with van der Waals surface area (Å²) < 4.78 is 25.0. The Labute approximate surface area is 164 Å². The highest BCUT2D eigenvalue weighted by molar-refractivity contribution is 7.92. The molecule has 0 saturated heterocycles. The zero-order valence-corrected chi connectivity index (χ0v) is 16.8. The molecule has 2 aromatic carbocycles. The zero-order chi connectivity index (χ0) is 20.5. The van der Waals surface area contributed by atoms with Crippen molar-refractivity contribution >= 4 is 33.2 Å². The first kappa shape index (κ1) is 19.9. The van der Waals surface area contributed by atoms with Gasteiger partial charge in [-0.2, -0.15) is 0 Å². The molecule has 148 valence electrons. The van der Waals surface area contributed by atoms with Gasteiger partial charge in [0.05, 0.1) is 18.0 Å². The maximum atomic E-state index is 12.7. The number of hydrogen-bond acceptors (Lipinski definition) is 4. The first-order chi connectivity index (χ1) is 13.1. The normalized spacial score (nSPS) is 14.3. The fraction of sp³-hybridized carbons (Fsp3) is 0.300. The van der Waals surface area contributed by atoms with E-state index in [2.05, 4.69) is 10.6 Å². The Bertz CT molecular complexity index is 1030. The first-order valence-corrected chi connectivity index (χ1v) is 10.8. The highest BCUT2D eigenvalue weighted by Crippen LogP contribution is 2.31. The van der Waals surface area contributed by atoms with E-state index >= 15 is 0 Å². The summed E-state index contributed by atoms with van der Waals surface area (Å²) in [5.74, 6) is -0.395. The molecule has 2 amide bonds. The SMILES string of the molecule is CC(=O)Nc1cccc(C(C)NC(=O)c2ccc3c(c2)CCN3S(C)(=O)=O)c1. The van der Waals surface area contributed by atoms with E-state index in [1.807, 2.05) is 25.1 Å². The van der Waals surface area contributed by atoms with Gasteiger partial charge in [0.1, 0.15) is 0 Å². The summed E-state index contributed by atoms with van der Waals surface area (Å²) >= 11 is 0.